The molecule has 0 spiro atoms. The zero-order valence-electron chi connectivity index (χ0n) is 32.5. The molecule has 0 aliphatic heterocycles. The molecule has 0 fully saturated rings. The third-order valence-electron chi connectivity index (χ3n) is 7.81. The van der Waals surface area contributed by atoms with Crippen LogP contribution < -0.4 is 0 Å². The molecule has 0 amide bonds. The molecule has 1 N–H and O–H groups in total. The van der Waals surface area contributed by atoms with Crippen LogP contribution in [0.25, 0.3) is 0 Å². The van der Waals surface area contributed by atoms with Gasteiger partial charge in [0.15, 0.2) is 6.10 Å². The zero-order chi connectivity index (χ0) is 37.7. The summed E-state index contributed by atoms with van der Waals surface area (Å²) in [7, 11) is -0.735. The quantitative estimate of drug-likeness (QED) is 0.0294. The van der Waals surface area contributed by atoms with E-state index < -0.39 is 32.5 Å². The van der Waals surface area contributed by atoms with Gasteiger partial charge in [-0.3, -0.25) is 18.6 Å². The van der Waals surface area contributed by atoms with Crippen LogP contribution in [-0.2, 0) is 32.7 Å². The molecule has 0 heterocycles. The van der Waals surface area contributed by atoms with Crippen molar-refractivity contribution in [3.05, 3.63) is 60.8 Å². The molecule has 0 radical (unpaired) electrons. The summed E-state index contributed by atoms with van der Waals surface area (Å²) in [5.41, 5.74) is 0. The number of carbonyl (C=O) groups excluding carboxylic acids is 2. The normalized spacial score (nSPS) is 14.2. The third kappa shape index (κ3) is 37.3. The number of likely N-dealkylation sites (N-methyl/N-ethyl adjacent to an activating group) is 1. The van der Waals surface area contributed by atoms with E-state index in [2.05, 4.69) is 74.6 Å². The number of hydrogen-bond donors (Lipinski definition) is 1. The molecule has 0 aliphatic rings. The first-order chi connectivity index (χ1) is 24.7. The van der Waals surface area contributed by atoms with Crippen molar-refractivity contribution >= 4 is 19.8 Å². The van der Waals surface area contributed by atoms with Crippen LogP contribution in [0.2, 0.25) is 0 Å². The van der Waals surface area contributed by atoms with Gasteiger partial charge in [-0.1, -0.05) is 120 Å². The predicted octanol–water partition coefficient (Wildman–Crippen LogP) is 10.8. The number of hydrogen-bond acceptors (Lipinski definition) is 8. The Kier molecular flexibility index (Phi) is 34.5. The predicted molar refractivity (Wildman–Crippen MR) is 211 cm³/mol. The summed E-state index contributed by atoms with van der Waals surface area (Å²) < 4.78 is 33.3. The summed E-state index contributed by atoms with van der Waals surface area (Å²) in [5, 5.41) is 0. The maximum absolute atomic E-state index is 12.6. The summed E-state index contributed by atoms with van der Waals surface area (Å²) in [4.78, 5) is 36.8. The van der Waals surface area contributed by atoms with Crippen molar-refractivity contribution in [1.82, 2.24) is 4.90 Å². The number of unbranched alkanes of at least 4 members (excludes halogenated alkanes) is 11. The van der Waals surface area contributed by atoms with E-state index in [-0.39, 0.29) is 26.1 Å². The van der Waals surface area contributed by atoms with E-state index >= 15 is 0 Å². The minimum Gasteiger partial charge on any atom is -0.462 e. The first-order valence-corrected chi connectivity index (χ1v) is 21.1. The lowest BCUT2D eigenvalue weighted by atomic mass is 10.1. The maximum Gasteiger partial charge on any atom is 0.472 e. The molecule has 9 nitrogen and oxygen atoms in total. The minimum atomic E-state index is -4.37. The molecule has 51 heavy (non-hydrogen) atoms. The summed E-state index contributed by atoms with van der Waals surface area (Å²) >= 11 is 0. The first kappa shape index (κ1) is 48.7. The average Bonchev–Trinajstić information content (AvgIpc) is 3.09. The SMILES string of the molecule is CC/C=C\C/C=C\C/C=C\C/C=C\CCCCCCC(=O)OC(COC(=O)CCCCCCC/C=C\CCCC)COP(=O)(O)OCCN(C)C. The number of nitrogens with zero attached hydrogens (tertiary/aromatic N) is 1. The number of carbonyl (C=O) groups is 2. The number of phosphoric acid groups is 1. The molecule has 0 aromatic rings. The van der Waals surface area contributed by atoms with Gasteiger partial charge in [0.1, 0.15) is 6.61 Å². The highest BCUT2D eigenvalue weighted by molar-refractivity contribution is 7.47. The van der Waals surface area contributed by atoms with E-state index in [1.165, 1.54) is 12.8 Å². The average molecular weight is 738 g/mol. The van der Waals surface area contributed by atoms with Gasteiger partial charge >= 0.3 is 19.8 Å². The fraction of sp³-hybridized carbons (Fsp3) is 0.707. The van der Waals surface area contributed by atoms with Crippen molar-refractivity contribution in [1.29, 1.82) is 0 Å². The molecular formula is C41H72NO8P. The molecule has 294 valence electrons. The van der Waals surface area contributed by atoms with E-state index in [0.29, 0.717) is 13.0 Å². The Morgan fingerprint density at radius 1 is 0.627 bits per heavy atom. The van der Waals surface area contributed by atoms with Crippen LogP contribution >= 0.6 is 7.82 Å². The molecule has 2 atom stereocenters. The Hall–Kier alpha value is -2.29. The van der Waals surface area contributed by atoms with E-state index in [4.69, 9.17) is 18.5 Å². The fourth-order valence-corrected chi connectivity index (χ4v) is 5.52. The largest absolute Gasteiger partial charge is 0.472 e. The van der Waals surface area contributed by atoms with E-state index in [9.17, 15) is 19.0 Å². The summed E-state index contributed by atoms with van der Waals surface area (Å²) in [6, 6.07) is 0. The monoisotopic (exact) mass is 737 g/mol. The molecule has 0 rings (SSSR count). The molecule has 2 unspecified atom stereocenters. The van der Waals surface area contributed by atoms with E-state index in [1.54, 1.807) is 4.90 Å². The van der Waals surface area contributed by atoms with Gasteiger partial charge in [-0.2, -0.15) is 0 Å². The molecular weight excluding hydrogens is 665 g/mol. The van der Waals surface area contributed by atoms with Crippen LogP contribution in [0.4, 0.5) is 0 Å². The Balaban J connectivity index is 4.42. The molecule has 0 aliphatic carbocycles. The molecule has 0 bridgehead atoms. The Morgan fingerprint density at radius 3 is 1.69 bits per heavy atom. The number of rotatable bonds is 35. The van der Waals surface area contributed by atoms with Crippen molar-refractivity contribution < 1.29 is 37.6 Å². The highest BCUT2D eigenvalue weighted by Gasteiger charge is 2.26. The number of phosphoric ester groups is 1. The second-order valence-corrected chi connectivity index (χ2v) is 14.5. The Morgan fingerprint density at radius 2 is 1.12 bits per heavy atom. The van der Waals surface area contributed by atoms with E-state index in [0.717, 1.165) is 96.3 Å². The molecule has 0 saturated carbocycles. The van der Waals surface area contributed by atoms with Gasteiger partial charge in [0.25, 0.3) is 0 Å². The topological polar surface area (TPSA) is 112 Å². The van der Waals surface area contributed by atoms with Crippen molar-refractivity contribution in [2.24, 2.45) is 0 Å². The first-order valence-electron chi connectivity index (χ1n) is 19.6. The van der Waals surface area contributed by atoms with Crippen LogP contribution in [0.1, 0.15) is 142 Å². The number of allylic oxidation sites excluding steroid dienone is 10. The summed E-state index contributed by atoms with van der Waals surface area (Å²) in [6.45, 7) is 4.10. The van der Waals surface area contributed by atoms with Gasteiger partial charge in [0, 0.05) is 19.4 Å². The second-order valence-electron chi connectivity index (χ2n) is 13.1. The van der Waals surface area contributed by atoms with Crippen LogP contribution in [0.3, 0.4) is 0 Å². The van der Waals surface area contributed by atoms with Crippen molar-refractivity contribution in [3.8, 4) is 0 Å². The van der Waals surface area contributed by atoms with Gasteiger partial charge in [-0.15, -0.1) is 0 Å². The third-order valence-corrected chi connectivity index (χ3v) is 8.79. The fourth-order valence-electron chi connectivity index (χ4n) is 4.77. The van der Waals surface area contributed by atoms with Crippen LogP contribution in [-0.4, -0.2) is 68.3 Å². The van der Waals surface area contributed by atoms with Crippen LogP contribution in [0, 0.1) is 0 Å². The Bertz CT molecular complexity index is 1040. The van der Waals surface area contributed by atoms with Crippen LogP contribution in [0.5, 0.6) is 0 Å². The highest BCUT2D eigenvalue weighted by Crippen LogP contribution is 2.43. The smallest absolute Gasteiger partial charge is 0.462 e. The van der Waals surface area contributed by atoms with Crippen LogP contribution in [0.15, 0.2) is 60.8 Å². The molecule has 0 aromatic carbocycles. The summed E-state index contributed by atoms with van der Waals surface area (Å²) in [6.07, 6.45) is 39.8. The second kappa shape index (κ2) is 36.1. The maximum atomic E-state index is 12.6. The van der Waals surface area contributed by atoms with Crippen molar-refractivity contribution in [3.63, 3.8) is 0 Å². The van der Waals surface area contributed by atoms with Gasteiger partial charge in [-0.25, -0.2) is 4.57 Å². The lowest BCUT2D eigenvalue weighted by Crippen LogP contribution is -2.29. The molecule has 0 aromatic heterocycles. The Labute approximate surface area is 311 Å². The standard InChI is InChI=1S/C41H72NO8P/c1-5-7-9-11-13-15-17-18-19-20-21-22-24-26-28-30-32-34-41(44)50-39(38-49-51(45,46)48-36-35-42(3)4)37-47-40(43)33-31-29-27-25-23-16-14-12-10-8-6-2/h7,9,12-15,18-19,21-22,39H,5-6,8,10-11,16-17,20,23-38H2,1-4H3,(H,45,46)/b9-7-,14-12-,15-13-,19-18-,22-21-. The number of ether oxygens (including phenoxy) is 2. The van der Waals surface area contributed by atoms with Crippen molar-refractivity contribution in [2.45, 2.75) is 148 Å². The zero-order valence-corrected chi connectivity index (χ0v) is 33.4. The lowest BCUT2D eigenvalue weighted by molar-refractivity contribution is -0.161. The van der Waals surface area contributed by atoms with Gasteiger partial charge in [0.05, 0.1) is 13.2 Å². The minimum absolute atomic E-state index is 0.00183. The van der Waals surface area contributed by atoms with Gasteiger partial charge < -0.3 is 19.3 Å². The van der Waals surface area contributed by atoms with E-state index in [1.807, 2.05) is 14.1 Å². The summed E-state index contributed by atoms with van der Waals surface area (Å²) in [5.74, 6) is -0.849. The molecule has 0 saturated heterocycles. The lowest BCUT2D eigenvalue weighted by Gasteiger charge is -2.20. The number of esters is 2. The highest BCUT2D eigenvalue weighted by atomic mass is 31.2. The van der Waals surface area contributed by atoms with Crippen molar-refractivity contribution in [2.75, 3.05) is 40.5 Å². The van der Waals surface area contributed by atoms with Gasteiger partial charge in [0.2, 0.25) is 0 Å². The molecule has 10 heteroatoms. The van der Waals surface area contributed by atoms with Gasteiger partial charge in [-0.05, 0) is 84.7 Å².